The highest BCUT2D eigenvalue weighted by Crippen LogP contribution is 2.23. The summed E-state index contributed by atoms with van der Waals surface area (Å²) in [5.41, 5.74) is 0.395. The fourth-order valence-electron chi connectivity index (χ4n) is 3.10. The molecule has 0 spiro atoms. The van der Waals surface area contributed by atoms with E-state index in [-0.39, 0.29) is 0 Å². The Morgan fingerprint density at radius 1 is 1.11 bits per heavy atom. The van der Waals surface area contributed by atoms with Gasteiger partial charge in [0, 0.05) is 25.7 Å². The number of rotatable bonds is 7. The van der Waals surface area contributed by atoms with Gasteiger partial charge in [0.25, 0.3) is 0 Å². The van der Waals surface area contributed by atoms with Gasteiger partial charge in [0.05, 0.1) is 0 Å². The fourth-order valence-corrected chi connectivity index (χ4v) is 3.10. The number of hydrogen-bond acceptors (Lipinski definition) is 2. The Bertz CT molecular complexity index is 232. The molecule has 1 aliphatic heterocycles. The lowest BCUT2D eigenvalue weighted by Crippen LogP contribution is -2.50. The molecule has 19 heavy (non-hydrogen) atoms. The molecule has 2 unspecified atom stereocenters. The van der Waals surface area contributed by atoms with E-state index in [1.807, 2.05) is 0 Å². The Balaban J connectivity index is 2.44. The zero-order chi connectivity index (χ0) is 14.3. The van der Waals surface area contributed by atoms with E-state index < -0.39 is 0 Å². The Morgan fingerprint density at radius 3 is 2.42 bits per heavy atom. The van der Waals surface area contributed by atoms with Crippen molar-refractivity contribution in [2.24, 2.45) is 11.3 Å². The third-order valence-corrected chi connectivity index (χ3v) is 4.04. The van der Waals surface area contributed by atoms with Crippen LogP contribution in [0, 0.1) is 11.3 Å². The normalized spacial score (nSPS) is 25.7. The van der Waals surface area contributed by atoms with Gasteiger partial charge >= 0.3 is 0 Å². The molecule has 2 nitrogen and oxygen atoms in total. The van der Waals surface area contributed by atoms with Gasteiger partial charge in [0.1, 0.15) is 0 Å². The summed E-state index contributed by atoms with van der Waals surface area (Å²) < 4.78 is 0. The van der Waals surface area contributed by atoms with E-state index in [0.717, 1.165) is 12.5 Å². The number of hydrogen-bond donors (Lipinski definition) is 1. The summed E-state index contributed by atoms with van der Waals surface area (Å²) in [6.07, 6.45) is 6.83. The minimum atomic E-state index is 0.395. The van der Waals surface area contributed by atoms with Gasteiger partial charge in [-0.2, -0.15) is 0 Å². The monoisotopic (exact) mass is 268 g/mol. The topological polar surface area (TPSA) is 15.3 Å². The van der Waals surface area contributed by atoms with Crippen molar-refractivity contribution < 1.29 is 0 Å². The van der Waals surface area contributed by atoms with E-state index in [2.05, 4.69) is 44.8 Å². The van der Waals surface area contributed by atoms with Gasteiger partial charge in [-0.1, -0.05) is 47.5 Å². The van der Waals surface area contributed by atoms with Gasteiger partial charge in [-0.3, -0.25) is 0 Å². The van der Waals surface area contributed by atoms with Crippen molar-refractivity contribution >= 4 is 0 Å². The maximum atomic E-state index is 3.81. The van der Waals surface area contributed by atoms with E-state index in [0.29, 0.717) is 11.5 Å². The van der Waals surface area contributed by atoms with Crippen LogP contribution < -0.4 is 5.32 Å². The van der Waals surface area contributed by atoms with Crippen LogP contribution in [0.3, 0.4) is 0 Å². The summed E-state index contributed by atoms with van der Waals surface area (Å²) in [6.45, 7) is 16.6. The largest absolute Gasteiger partial charge is 0.312 e. The summed E-state index contributed by atoms with van der Waals surface area (Å²) in [7, 11) is 0. The molecular weight excluding hydrogens is 232 g/mol. The predicted octanol–water partition coefficient (Wildman–Crippen LogP) is 3.91. The Labute approximate surface area is 121 Å². The second-order valence-corrected chi connectivity index (χ2v) is 7.64. The Kier molecular flexibility index (Phi) is 7.38. The van der Waals surface area contributed by atoms with Crippen molar-refractivity contribution in [1.29, 1.82) is 0 Å². The molecule has 0 aliphatic carbocycles. The van der Waals surface area contributed by atoms with Crippen LogP contribution in [0.15, 0.2) is 0 Å². The zero-order valence-corrected chi connectivity index (χ0v) is 14.0. The van der Waals surface area contributed by atoms with E-state index in [1.165, 1.54) is 51.7 Å². The molecule has 0 amide bonds. The van der Waals surface area contributed by atoms with Gasteiger partial charge in [-0.15, -0.1) is 0 Å². The maximum Gasteiger partial charge on any atom is 0.0198 e. The molecule has 1 fully saturated rings. The fraction of sp³-hybridized carbons (Fsp3) is 1.00. The summed E-state index contributed by atoms with van der Waals surface area (Å²) in [5, 5.41) is 3.81. The highest BCUT2D eigenvalue weighted by atomic mass is 15.2. The SMILES string of the molecule is CCCCC1CC(NCC(C)(C)C)CN(CCC)C1. The standard InChI is InChI=1S/C17H36N2/c1-6-8-9-15-11-16(18-14-17(3,4)5)13-19(12-15)10-7-2/h15-16,18H,6-14H2,1-5H3. The average molecular weight is 268 g/mol. The molecule has 1 heterocycles. The lowest BCUT2D eigenvalue weighted by Gasteiger charge is -2.39. The second-order valence-electron chi connectivity index (χ2n) is 7.64. The third-order valence-electron chi connectivity index (χ3n) is 4.04. The van der Waals surface area contributed by atoms with E-state index in [4.69, 9.17) is 0 Å². The molecule has 0 aromatic carbocycles. The molecular formula is C17H36N2. The van der Waals surface area contributed by atoms with E-state index in [9.17, 15) is 0 Å². The number of nitrogens with zero attached hydrogens (tertiary/aromatic N) is 1. The van der Waals surface area contributed by atoms with Gasteiger partial charge in [-0.25, -0.2) is 0 Å². The summed E-state index contributed by atoms with van der Waals surface area (Å²) in [5.74, 6) is 0.915. The van der Waals surface area contributed by atoms with Crippen LogP contribution in [0.4, 0.5) is 0 Å². The van der Waals surface area contributed by atoms with Crippen LogP contribution in [0.2, 0.25) is 0 Å². The predicted molar refractivity (Wildman–Crippen MR) is 85.6 cm³/mol. The van der Waals surface area contributed by atoms with Gasteiger partial charge in [0.15, 0.2) is 0 Å². The number of likely N-dealkylation sites (tertiary alicyclic amines) is 1. The van der Waals surface area contributed by atoms with Crippen molar-refractivity contribution in [3.8, 4) is 0 Å². The highest BCUT2D eigenvalue weighted by molar-refractivity contribution is 4.84. The van der Waals surface area contributed by atoms with Gasteiger partial charge < -0.3 is 10.2 Å². The Hall–Kier alpha value is -0.0800. The zero-order valence-electron chi connectivity index (χ0n) is 14.0. The lowest BCUT2D eigenvalue weighted by atomic mass is 9.88. The molecule has 1 N–H and O–H groups in total. The maximum absolute atomic E-state index is 3.81. The first kappa shape index (κ1) is 17.0. The van der Waals surface area contributed by atoms with Crippen LogP contribution in [0.25, 0.3) is 0 Å². The average Bonchev–Trinajstić information content (AvgIpc) is 2.33. The third kappa shape index (κ3) is 7.31. The van der Waals surface area contributed by atoms with Gasteiger partial charge in [0.2, 0.25) is 0 Å². The molecule has 0 radical (unpaired) electrons. The molecule has 0 aromatic heterocycles. The number of nitrogens with one attached hydrogen (secondary N) is 1. The molecule has 114 valence electrons. The molecule has 0 aromatic rings. The first-order valence-electron chi connectivity index (χ1n) is 8.40. The van der Waals surface area contributed by atoms with Crippen LogP contribution in [0.1, 0.15) is 66.7 Å². The summed E-state index contributed by atoms with van der Waals surface area (Å²) in [4.78, 5) is 2.68. The second kappa shape index (κ2) is 8.26. The van der Waals surface area contributed by atoms with Gasteiger partial charge in [-0.05, 0) is 37.1 Å². The van der Waals surface area contributed by atoms with Crippen molar-refractivity contribution in [2.75, 3.05) is 26.2 Å². The Morgan fingerprint density at radius 2 is 1.84 bits per heavy atom. The molecule has 1 saturated heterocycles. The smallest absolute Gasteiger partial charge is 0.0198 e. The summed E-state index contributed by atoms with van der Waals surface area (Å²) >= 11 is 0. The summed E-state index contributed by atoms with van der Waals surface area (Å²) in [6, 6.07) is 0.710. The molecule has 0 saturated carbocycles. The van der Waals surface area contributed by atoms with E-state index >= 15 is 0 Å². The van der Waals surface area contributed by atoms with E-state index in [1.54, 1.807) is 0 Å². The van der Waals surface area contributed by atoms with Crippen molar-refractivity contribution in [3.63, 3.8) is 0 Å². The van der Waals surface area contributed by atoms with Crippen molar-refractivity contribution in [1.82, 2.24) is 10.2 Å². The minimum Gasteiger partial charge on any atom is -0.312 e. The van der Waals surface area contributed by atoms with Crippen LogP contribution in [-0.4, -0.2) is 37.1 Å². The minimum absolute atomic E-state index is 0.395. The van der Waals surface area contributed by atoms with Crippen LogP contribution >= 0.6 is 0 Å². The molecule has 2 atom stereocenters. The number of piperidine rings is 1. The molecule has 2 heteroatoms. The van der Waals surface area contributed by atoms with Crippen LogP contribution in [0.5, 0.6) is 0 Å². The molecule has 1 rings (SSSR count). The van der Waals surface area contributed by atoms with Crippen molar-refractivity contribution in [3.05, 3.63) is 0 Å². The molecule has 0 bridgehead atoms. The highest BCUT2D eigenvalue weighted by Gasteiger charge is 2.26. The van der Waals surface area contributed by atoms with Crippen LogP contribution in [-0.2, 0) is 0 Å². The van der Waals surface area contributed by atoms with Crippen molar-refractivity contribution in [2.45, 2.75) is 72.8 Å². The quantitative estimate of drug-likeness (QED) is 0.753. The molecule has 1 aliphatic rings. The first-order chi connectivity index (χ1) is 8.94. The number of unbranched alkanes of at least 4 members (excludes halogenated alkanes) is 1. The first-order valence-corrected chi connectivity index (χ1v) is 8.40. The lowest BCUT2D eigenvalue weighted by molar-refractivity contribution is 0.129.